The molecule has 5 heteroatoms. The van der Waals surface area contributed by atoms with Gasteiger partial charge in [0.2, 0.25) is 0 Å². The van der Waals surface area contributed by atoms with E-state index in [0.29, 0.717) is 10.5 Å². The van der Waals surface area contributed by atoms with Crippen molar-refractivity contribution in [1.29, 1.82) is 0 Å². The molecule has 11 heavy (non-hydrogen) atoms. The van der Waals surface area contributed by atoms with E-state index in [-0.39, 0.29) is 5.56 Å². The van der Waals surface area contributed by atoms with Crippen LogP contribution in [0.25, 0.3) is 5.52 Å². The molecular weight excluding hydrogens is 166 g/mol. The second-order valence-corrected chi connectivity index (χ2v) is 2.48. The van der Waals surface area contributed by atoms with Crippen LogP contribution in [0, 0.1) is 0 Å². The monoisotopic (exact) mass is 169 g/mol. The normalized spacial score (nSPS) is 10.6. The summed E-state index contributed by atoms with van der Waals surface area (Å²) in [6.45, 7) is 0. The number of hydrogen-bond donors (Lipinski definition) is 1. The number of H-pyrrole nitrogens is 1. The van der Waals surface area contributed by atoms with Crippen molar-refractivity contribution in [2.24, 2.45) is 0 Å². The second kappa shape index (κ2) is 2.10. The molecule has 2 rings (SSSR count). The topological polar surface area (TPSA) is 50.2 Å². The Morgan fingerprint density at radius 1 is 1.64 bits per heavy atom. The van der Waals surface area contributed by atoms with Crippen LogP contribution in [0.5, 0.6) is 0 Å². The summed E-state index contributed by atoms with van der Waals surface area (Å²) in [6.07, 6.45) is 2.96. The fourth-order valence-corrected chi connectivity index (χ4v) is 1.15. The fourth-order valence-electron chi connectivity index (χ4n) is 0.926. The SMILES string of the molecule is O=c1[nH]cnn2ccc(Cl)c12. The van der Waals surface area contributed by atoms with Crippen LogP contribution in [0.1, 0.15) is 0 Å². The molecular formula is C6H4ClN3O. The number of rotatable bonds is 0. The lowest BCUT2D eigenvalue weighted by Gasteiger charge is -1.89. The lowest BCUT2D eigenvalue weighted by molar-refractivity contribution is 0.889. The number of aromatic nitrogens is 3. The molecule has 0 radical (unpaired) electrons. The van der Waals surface area contributed by atoms with Gasteiger partial charge >= 0.3 is 0 Å². The maximum atomic E-state index is 11.1. The Morgan fingerprint density at radius 3 is 3.18 bits per heavy atom. The maximum Gasteiger partial charge on any atom is 0.276 e. The van der Waals surface area contributed by atoms with Crippen molar-refractivity contribution < 1.29 is 0 Å². The molecule has 0 bridgehead atoms. The lowest BCUT2D eigenvalue weighted by Crippen LogP contribution is -2.09. The first kappa shape index (κ1) is 6.42. The van der Waals surface area contributed by atoms with Crippen LogP contribution in [0.15, 0.2) is 23.4 Å². The molecule has 0 spiro atoms. The van der Waals surface area contributed by atoms with E-state index in [0.717, 1.165) is 0 Å². The molecule has 0 aliphatic heterocycles. The highest BCUT2D eigenvalue weighted by Crippen LogP contribution is 2.11. The summed E-state index contributed by atoms with van der Waals surface area (Å²) in [5, 5.41) is 4.26. The number of halogens is 1. The van der Waals surface area contributed by atoms with Gasteiger partial charge in [-0.15, -0.1) is 0 Å². The number of aromatic amines is 1. The molecule has 0 saturated heterocycles. The van der Waals surface area contributed by atoms with E-state index in [2.05, 4.69) is 10.1 Å². The van der Waals surface area contributed by atoms with Gasteiger partial charge in [0, 0.05) is 6.20 Å². The van der Waals surface area contributed by atoms with Crippen molar-refractivity contribution in [3.8, 4) is 0 Å². The van der Waals surface area contributed by atoms with E-state index in [1.165, 1.54) is 10.8 Å². The summed E-state index contributed by atoms with van der Waals surface area (Å²) in [5.41, 5.74) is 0.157. The molecule has 2 heterocycles. The highest BCUT2D eigenvalue weighted by atomic mass is 35.5. The summed E-state index contributed by atoms with van der Waals surface area (Å²) in [6, 6.07) is 1.62. The van der Waals surface area contributed by atoms with Gasteiger partial charge in [-0.2, -0.15) is 5.10 Å². The minimum Gasteiger partial charge on any atom is -0.310 e. The minimum absolute atomic E-state index is 0.227. The molecule has 0 amide bonds. The van der Waals surface area contributed by atoms with E-state index in [4.69, 9.17) is 11.6 Å². The van der Waals surface area contributed by atoms with Crippen molar-refractivity contribution in [3.05, 3.63) is 34.0 Å². The van der Waals surface area contributed by atoms with E-state index in [9.17, 15) is 4.79 Å². The molecule has 4 nitrogen and oxygen atoms in total. The molecule has 0 aromatic carbocycles. The van der Waals surface area contributed by atoms with Gasteiger partial charge in [0.25, 0.3) is 5.56 Å². The van der Waals surface area contributed by atoms with E-state index in [1.54, 1.807) is 12.3 Å². The number of fused-ring (bicyclic) bond motifs is 1. The quantitative estimate of drug-likeness (QED) is 0.631. The van der Waals surface area contributed by atoms with Crippen molar-refractivity contribution in [1.82, 2.24) is 14.6 Å². The first-order chi connectivity index (χ1) is 5.29. The van der Waals surface area contributed by atoms with Crippen molar-refractivity contribution in [3.63, 3.8) is 0 Å². The van der Waals surface area contributed by atoms with Crippen LogP contribution in [0.3, 0.4) is 0 Å². The molecule has 1 N–H and O–H groups in total. The van der Waals surface area contributed by atoms with Gasteiger partial charge in [-0.1, -0.05) is 11.6 Å². The summed E-state index contributed by atoms with van der Waals surface area (Å²) in [4.78, 5) is 13.5. The minimum atomic E-state index is -0.227. The summed E-state index contributed by atoms with van der Waals surface area (Å²) in [5.74, 6) is 0. The zero-order chi connectivity index (χ0) is 7.84. The third-order valence-corrected chi connectivity index (χ3v) is 1.72. The predicted molar refractivity (Wildman–Crippen MR) is 40.8 cm³/mol. The van der Waals surface area contributed by atoms with Gasteiger partial charge in [-0.05, 0) is 6.07 Å². The van der Waals surface area contributed by atoms with Gasteiger partial charge in [-0.25, -0.2) is 4.52 Å². The maximum absolute atomic E-state index is 11.1. The van der Waals surface area contributed by atoms with Crippen molar-refractivity contribution >= 4 is 17.1 Å². The molecule has 2 aromatic rings. The highest BCUT2D eigenvalue weighted by molar-refractivity contribution is 6.33. The molecule has 0 saturated carbocycles. The Labute approximate surface area is 66.4 Å². The fraction of sp³-hybridized carbons (Fsp3) is 0. The average Bonchev–Trinajstić information content (AvgIpc) is 2.34. The second-order valence-electron chi connectivity index (χ2n) is 2.07. The van der Waals surface area contributed by atoms with Gasteiger partial charge in [-0.3, -0.25) is 4.79 Å². The Balaban J connectivity index is 3.08. The highest BCUT2D eigenvalue weighted by Gasteiger charge is 2.02. The number of nitrogens with one attached hydrogen (secondary N) is 1. The van der Waals surface area contributed by atoms with Gasteiger partial charge in [0.05, 0.1) is 5.02 Å². The lowest BCUT2D eigenvalue weighted by atomic mass is 10.5. The molecule has 0 unspecified atom stereocenters. The molecule has 0 fully saturated rings. The zero-order valence-electron chi connectivity index (χ0n) is 5.41. The molecule has 0 aliphatic carbocycles. The van der Waals surface area contributed by atoms with Crippen molar-refractivity contribution in [2.45, 2.75) is 0 Å². The number of nitrogens with zero attached hydrogens (tertiary/aromatic N) is 2. The largest absolute Gasteiger partial charge is 0.310 e. The van der Waals surface area contributed by atoms with Crippen LogP contribution >= 0.6 is 11.6 Å². The van der Waals surface area contributed by atoms with Crippen LogP contribution < -0.4 is 5.56 Å². The first-order valence-electron chi connectivity index (χ1n) is 2.99. The standard InChI is InChI=1S/C6H4ClN3O/c7-4-1-2-10-5(4)6(11)8-3-9-10/h1-3H,(H,8,9,11). The smallest absolute Gasteiger partial charge is 0.276 e. The number of hydrogen-bond acceptors (Lipinski definition) is 2. The summed E-state index contributed by atoms with van der Waals surface area (Å²) < 4.78 is 1.43. The van der Waals surface area contributed by atoms with Crippen LogP contribution in [0.2, 0.25) is 5.02 Å². The Hall–Kier alpha value is -1.29. The predicted octanol–water partition coefficient (Wildman–Crippen LogP) is 0.676. The van der Waals surface area contributed by atoms with E-state index >= 15 is 0 Å². The Morgan fingerprint density at radius 2 is 2.45 bits per heavy atom. The Kier molecular flexibility index (Phi) is 1.22. The van der Waals surface area contributed by atoms with E-state index in [1.807, 2.05) is 0 Å². The van der Waals surface area contributed by atoms with Crippen LogP contribution in [-0.4, -0.2) is 14.6 Å². The molecule has 56 valence electrons. The van der Waals surface area contributed by atoms with Crippen molar-refractivity contribution in [2.75, 3.05) is 0 Å². The zero-order valence-corrected chi connectivity index (χ0v) is 6.17. The van der Waals surface area contributed by atoms with Crippen LogP contribution in [0.4, 0.5) is 0 Å². The average molecular weight is 170 g/mol. The molecule has 2 aromatic heterocycles. The molecule has 0 aliphatic rings. The van der Waals surface area contributed by atoms with Gasteiger partial charge < -0.3 is 4.98 Å². The summed E-state index contributed by atoms with van der Waals surface area (Å²) in [7, 11) is 0. The third-order valence-electron chi connectivity index (χ3n) is 1.41. The van der Waals surface area contributed by atoms with E-state index < -0.39 is 0 Å². The summed E-state index contributed by atoms with van der Waals surface area (Å²) >= 11 is 5.70. The third kappa shape index (κ3) is 0.832. The van der Waals surface area contributed by atoms with Gasteiger partial charge in [0.1, 0.15) is 11.8 Å². The first-order valence-corrected chi connectivity index (χ1v) is 3.37. The molecule has 0 atom stereocenters. The Bertz CT molecular complexity index is 444. The van der Waals surface area contributed by atoms with Gasteiger partial charge in [0.15, 0.2) is 0 Å². The van der Waals surface area contributed by atoms with Crippen LogP contribution in [-0.2, 0) is 0 Å².